The number of hydrogen-bond acceptors (Lipinski definition) is 3. The lowest BCUT2D eigenvalue weighted by Crippen LogP contribution is -2.35. The Hall–Kier alpha value is -2.24. The SMILES string of the molecule is CN1C(=O)/C(=C/c2cccc(Cl)c2)Sc2ccc(C(=O)NC3CCCCCC3)cc21. The van der Waals surface area contributed by atoms with Crippen LogP contribution in [0.25, 0.3) is 6.08 Å². The minimum atomic E-state index is -0.0891. The Bertz CT molecular complexity index is 996. The molecule has 1 saturated carbocycles. The topological polar surface area (TPSA) is 49.4 Å². The predicted octanol–water partition coefficient (Wildman–Crippen LogP) is 5.90. The number of carbonyl (C=O) groups excluding carboxylic acids is 2. The normalized spacial score (nSPS) is 18.8. The molecule has 2 aliphatic rings. The molecule has 4 rings (SSSR count). The standard InChI is InChI=1S/C24H25ClN2O2S/c1-27-20-15-17(23(28)26-19-9-4-2-3-5-10-19)11-12-21(20)30-22(24(27)29)14-16-7-6-8-18(25)13-16/h6-8,11-15,19H,2-5,9-10H2,1H3,(H,26,28)/b22-14-. The van der Waals surface area contributed by atoms with Crippen LogP contribution >= 0.6 is 23.4 Å². The summed E-state index contributed by atoms with van der Waals surface area (Å²) in [6.45, 7) is 0. The molecule has 0 radical (unpaired) electrons. The summed E-state index contributed by atoms with van der Waals surface area (Å²) in [5.41, 5.74) is 2.25. The van der Waals surface area contributed by atoms with Crippen molar-refractivity contribution < 1.29 is 9.59 Å². The van der Waals surface area contributed by atoms with Crippen molar-refractivity contribution in [3.8, 4) is 0 Å². The number of benzene rings is 2. The van der Waals surface area contributed by atoms with Crippen molar-refractivity contribution in [1.29, 1.82) is 0 Å². The molecule has 1 N–H and O–H groups in total. The Balaban J connectivity index is 1.54. The van der Waals surface area contributed by atoms with Crippen LogP contribution in [0.3, 0.4) is 0 Å². The highest BCUT2D eigenvalue weighted by molar-refractivity contribution is 8.04. The maximum absolute atomic E-state index is 12.9. The molecule has 1 fully saturated rings. The third-order valence-electron chi connectivity index (χ3n) is 5.65. The third-order valence-corrected chi connectivity index (χ3v) is 6.97. The van der Waals surface area contributed by atoms with Crippen molar-refractivity contribution in [1.82, 2.24) is 5.32 Å². The first-order valence-corrected chi connectivity index (χ1v) is 11.6. The van der Waals surface area contributed by atoms with Crippen molar-refractivity contribution in [3.05, 3.63) is 63.5 Å². The summed E-state index contributed by atoms with van der Waals surface area (Å²) in [6.07, 6.45) is 8.78. The van der Waals surface area contributed by atoms with Crippen LogP contribution in [0.2, 0.25) is 5.02 Å². The first-order chi connectivity index (χ1) is 14.5. The minimum absolute atomic E-state index is 0.0594. The van der Waals surface area contributed by atoms with E-state index in [1.807, 2.05) is 48.5 Å². The maximum atomic E-state index is 12.9. The second-order valence-corrected chi connectivity index (χ2v) is 9.39. The molecule has 0 saturated heterocycles. The van der Waals surface area contributed by atoms with Gasteiger partial charge in [-0.15, -0.1) is 0 Å². The van der Waals surface area contributed by atoms with Crippen LogP contribution in [-0.2, 0) is 4.79 Å². The van der Waals surface area contributed by atoms with Crippen LogP contribution in [-0.4, -0.2) is 24.9 Å². The van der Waals surface area contributed by atoms with E-state index >= 15 is 0 Å². The number of carbonyl (C=O) groups is 2. The number of nitrogens with zero attached hydrogens (tertiary/aromatic N) is 1. The molecule has 30 heavy (non-hydrogen) atoms. The first kappa shape index (κ1) is 21.0. The third kappa shape index (κ3) is 4.73. The fourth-order valence-electron chi connectivity index (χ4n) is 3.98. The molecule has 0 unspecified atom stereocenters. The van der Waals surface area contributed by atoms with E-state index < -0.39 is 0 Å². The summed E-state index contributed by atoms with van der Waals surface area (Å²) in [5.74, 6) is -0.149. The lowest BCUT2D eigenvalue weighted by atomic mass is 10.1. The van der Waals surface area contributed by atoms with E-state index in [-0.39, 0.29) is 17.9 Å². The minimum Gasteiger partial charge on any atom is -0.349 e. The molecular weight excluding hydrogens is 416 g/mol. The van der Waals surface area contributed by atoms with Gasteiger partial charge >= 0.3 is 0 Å². The summed E-state index contributed by atoms with van der Waals surface area (Å²) in [7, 11) is 1.75. The lowest BCUT2D eigenvalue weighted by Gasteiger charge is -2.27. The Kier molecular flexibility index (Phi) is 6.49. The molecule has 156 valence electrons. The smallest absolute Gasteiger partial charge is 0.264 e. The summed E-state index contributed by atoms with van der Waals surface area (Å²) in [6, 6.07) is 13.3. The van der Waals surface area contributed by atoms with Gasteiger partial charge in [-0.25, -0.2) is 0 Å². The van der Waals surface area contributed by atoms with E-state index in [4.69, 9.17) is 11.6 Å². The zero-order chi connectivity index (χ0) is 21.1. The van der Waals surface area contributed by atoms with Gasteiger partial charge in [0.05, 0.1) is 10.6 Å². The van der Waals surface area contributed by atoms with Crippen LogP contribution in [0, 0.1) is 0 Å². The number of nitrogens with one attached hydrogen (secondary N) is 1. The monoisotopic (exact) mass is 440 g/mol. The van der Waals surface area contributed by atoms with Crippen molar-refractivity contribution in [3.63, 3.8) is 0 Å². The van der Waals surface area contributed by atoms with Gasteiger partial charge in [-0.05, 0) is 54.8 Å². The van der Waals surface area contributed by atoms with Crippen molar-refractivity contribution in [2.45, 2.75) is 49.5 Å². The predicted molar refractivity (Wildman–Crippen MR) is 124 cm³/mol. The molecule has 0 aromatic heterocycles. The van der Waals surface area contributed by atoms with Crippen LogP contribution < -0.4 is 10.2 Å². The number of hydrogen-bond donors (Lipinski definition) is 1. The van der Waals surface area contributed by atoms with E-state index in [0.29, 0.717) is 15.5 Å². The molecule has 2 aromatic rings. The zero-order valence-corrected chi connectivity index (χ0v) is 18.6. The van der Waals surface area contributed by atoms with Crippen LogP contribution in [0.4, 0.5) is 5.69 Å². The molecule has 4 nitrogen and oxygen atoms in total. The maximum Gasteiger partial charge on any atom is 0.264 e. The molecule has 2 aromatic carbocycles. The number of likely N-dealkylation sites (N-methyl/N-ethyl adjacent to an activating group) is 1. The second kappa shape index (κ2) is 9.27. The van der Waals surface area contributed by atoms with E-state index in [1.165, 1.54) is 37.4 Å². The summed E-state index contributed by atoms with van der Waals surface area (Å²) in [5, 5.41) is 3.82. The van der Waals surface area contributed by atoms with Crippen LogP contribution in [0.15, 0.2) is 52.3 Å². The average Bonchev–Trinajstić information content (AvgIpc) is 3.00. The Labute approximate surface area is 186 Å². The second-order valence-electron chi connectivity index (χ2n) is 7.87. The van der Waals surface area contributed by atoms with Crippen molar-refractivity contribution in [2.24, 2.45) is 0 Å². The Morgan fingerprint density at radius 3 is 2.63 bits per heavy atom. The van der Waals surface area contributed by atoms with Gasteiger partial charge < -0.3 is 10.2 Å². The Morgan fingerprint density at radius 2 is 1.90 bits per heavy atom. The summed E-state index contributed by atoms with van der Waals surface area (Å²) >= 11 is 7.49. The number of thioether (sulfide) groups is 1. The van der Waals surface area contributed by atoms with Gasteiger partial charge in [0.2, 0.25) is 0 Å². The number of rotatable bonds is 3. The van der Waals surface area contributed by atoms with Gasteiger partial charge in [0.25, 0.3) is 11.8 Å². The van der Waals surface area contributed by atoms with E-state index in [1.54, 1.807) is 11.9 Å². The van der Waals surface area contributed by atoms with Gasteiger partial charge in [-0.1, -0.05) is 61.2 Å². The van der Waals surface area contributed by atoms with Gasteiger partial charge in [0, 0.05) is 28.6 Å². The largest absolute Gasteiger partial charge is 0.349 e. The summed E-state index contributed by atoms with van der Waals surface area (Å²) in [4.78, 5) is 28.9. The molecule has 0 atom stereocenters. The van der Waals surface area contributed by atoms with Gasteiger partial charge in [-0.3, -0.25) is 9.59 Å². The van der Waals surface area contributed by atoms with E-state index in [9.17, 15) is 9.59 Å². The molecule has 1 aliphatic heterocycles. The number of amides is 2. The molecular formula is C24H25ClN2O2S. The molecule has 0 bridgehead atoms. The fourth-order valence-corrected chi connectivity index (χ4v) is 5.27. The highest BCUT2D eigenvalue weighted by Gasteiger charge is 2.27. The molecule has 1 heterocycles. The molecule has 0 spiro atoms. The van der Waals surface area contributed by atoms with Gasteiger partial charge in [0.1, 0.15) is 0 Å². The van der Waals surface area contributed by atoms with E-state index in [2.05, 4.69) is 5.32 Å². The quantitative estimate of drug-likeness (QED) is 0.477. The van der Waals surface area contributed by atoms with Gasteiger partial charge in [-0.2, -0.15) is 0 Å². The molecule has 6 heteroatoms. The van der Waals surface area contributed by atoms with Crippen LogP contribution in [0.1, 0.15) is 54.4 Å². The zero-order valence-electron chi connectivity index (χ0n) is 17.0. The lowest BCUT2D eigenvalue weighted by molar-refractivity contribution is -0.114. The number of fused-ring (bicyclic) bond motifs is 1. The number of halogens is 1. The Morgan fingerprint density at radius 1 is 1.13 bits per heavy atom. The van der Waals surface area contributed by atoms with Crippen LogP contribution in [0.5, 0.6) is 0 Å². The average molecular weight is 441 g/mol. The first-order valence-electron chi connectivity index (χ1n) is 10.4. The number of anilines is 1. The molecule has 2 amide bonds. The van der Waals surface area contributed by atoms with Crippen molar-refractivity contribution in [2.75, 3.05) is 11.9 Å². The highest BCUT2D eigenvalue weighted by atomic mass is 35.5. The summed E-state index contributed by atoms with van der Waals surface area (Å²) < 4.78 is 0. The fraction of sp³-hybridized carbons (Fsp3) is 0.333. The van der Waals surface area contributed by atoms with Crippen molar-refractivity contribution >= 4 is 46.9 Å². The van der Waals surface area contributed by atoms with Gasteiger partial charge in [0.15, 0.2) is 0 Å². The molecule has 1 aliphatic carbocycles. The van der Waals surface area contributed by atoms with E-state index in [0.717, 1.165) is 29.0 Å². The highest BCUT2D eigenvalue weighted by Crippen LogP contribution is 2.42.